The molecule has 2 aromatic heterocycles. The van der Waals surface area contributed by atoms with E-state index in [0.717, 1.165) is 11.3 Å². The number of benzene rings is 1. The van der Waals surface area contributed by atoms with Crippen molar-refractivity contribution < 1.29 is 0 Å². The lowest BCUT2D eigenvalue weighted by molar-refractivity contribution is 0.863. The predicted octanol–water partition coefficient (Wildman–Crippen LogP) is 3.60. The first-order chi connectivity index (χ1) is 11.3. The van der Waals surface area contributed by atoms with Crippen LogP contribution in [0.2, 0.25) is 5.02 Å². The largest absolute Gasteiger partial charge is 0.356 e. The van der Waals surface area contributed by atoms with Crippen LogP contribution in [0.3, 0.4) is 0 Å². The maximum absolute atomic E-state index is 8.80. The van der Waals surface area contributed by atoms with Crippen LogP contribution in [-0.4, -0.2) is 15.2 Å². The van der Waals surface area contributed by atoms with Crippen molar-refractivity contribution in [1.29, 1.82) is 5.26 Å². The minimum atomic E-state index is -0.225. The Bertz CT molecular complexity index is 828. The van der Waals surface area contributed by atoms with E-state index in [1.807, 2.05) is 48.5 Å². The molecule has 0 aliphatic carbocycles. The number of nitrogens with zero attached hydrogens (tertiary/aromatic N) is 4. The highest BCUT2D eigenvalue weighted by Gasteiger charge is 2.16. The lowest BCUT2D eigenvalue weighted by atomic mass is 10.0. The average Bonchev–Trinajstić information content (AvgIpc) is 2.61. The Kier molecular flexibility index (Phi) is 4.46. The fourth-order valence-corrected chi connectivity index (χ4v) is 2.38. The Labute approximate surface area is 138 Å². The molecule has 1 atom stereocenters. The van der Waals surface area contributed by atoms with Gasteiger partial charge in [-0.2, -0.15) is 5.26 Å². The van der Waals surface area contributed by atoms with Crippen molar-refractivity contribution in [3.8, 4) is 6.07 Å². The first-order valence-electron chi connectivity index (χ1n) is 6.93. The van der Waals surface area contributed by atoms with Crippen LogP contribution < -0.4 is 5.32 Å². The van der Waals surface area contributed by atoms with Gasteiger partial charge in [0, 0.05) is 11.2 Å². The number of pyridine rings is 1. The number of rotatable bonds is 4. The number of anilines is 1. The molecular weight excluding hydrogens is 310 g/mol. The zero-order chi connectivity index (χ0) is 16.1. The molecule has 5 nitrogen and oxygen atoms in total. The molecule has 2 heterocycles. The third-order valence-electron chi connectivity index (χ3n) is 3.24. The molecule has 0 saturated carbocycles. The van der Waals surface area contributed by atoms with Crippen molar-refractivity contribution in [2.45, 2.75) is 6.04 Å². The SMILES string of the molecule is N#Cc1ccc(NC(c2cccc(Cl)c2)c2ccccn2)nn1. The summed E-state index contributed by atoms with van der Waals surface area (Å²) in [5.74, 6) is 0.555. The molecule has 3 aromatic rings. The van der Waals surface area contributed by atoms with E-state index < -0.39 is 0 Å². The summed E-state index contributed by atoms with van der Waals surface area (Å²) in [7, 11) is 0. The second-order valence-electron chi connectivity index (χ2n) is 4.80. The molecule has 1 unspecified atom stereocenters. The van der Waals surface area contributed by atoms with Gasteiger partial charge in [0.2, 0.25) is 0 Å². The fraction of sp³-hybridized carbons (Fsp3) is 0.0588. The van der Waals surface area contributed by atoms with Crippen molar-refractivity contribution in [1.82, 2.24) is 15.2 Å². The molecular formula is C17H12ClN5. The van der Waals surface area contributed by atoms with Gasteiger partial charge in [-0.15, -0.1) is 10.2 Å². The molecule has 1 aromatic carbocycles. The number of aromatic nitrogens is 3. The van der Waals surface area contributed by atoms with Crippen molar-refractivity contribution >= 4 is 17.4 Å². The van der Waals surface area contributed by atoms with Gasteiger partial charge in [0.25, 0.3) is 0 Å². The summed E-state index contributed by atoms with van der Waals surface area (Å²) in [5.41, 5.74) is 2.07. The van der Waals surface area contributed by atoms with Gasteiger partial charge in [-0.1, -0.05) is 29.8 Å². The maximum atomic E-state index is 8.80. The summed E-state index contributed by atoms with van der Waals surface area (Å²) >= 11 is 6.11. The molecule has 0 aliphatic heterocycles. The highest BCUT2D eigenvalue weighted by Crippen LogP contribution is 2.26. The molecule has 0 amide bonds. The van der Waals surface area contributed by atoms with E-state index in [2.05, 4.69) is 20.5 Å². The summed E-state index contributed by atoms with van der Waals surface area (Å²) in [4.78, 5) is 4.41. The maximum Gasteiger partial charge on any atom is 0.163 e. The minimum Gasteiger partial charge on any atom is -0.356 e. The smallest absolute Gasteiger partial charge is 0.163 e. The van der Waals surface area contributed by atoms with E-state index in [9.17, 15) is 0 Å². The van der Waals surface area contributed by atoms with E-state index in [4.69, 9.17) is 16.9 Å². The van der Waals surface area contributed by atoms with Crippen LogP contribution >= 0.6 is 11.6 Å². The van der Waals surface area contributed by atoms with Gasteiger partial charge in [-0.25, -0.2) is 0 Å². The second-order valence-corrected chi connectivity index (χ2v) is 5.24. The van der Waals surface area contributed by atoms with E-state index in [-0.39, 0.29) is 11.7 Å². The normalized spacial score (nSPS) is 11.5. The summed E-state index contributed by atoms with van der Waals surface area (Å²) in [6.07, 6.45) is 1.74. The van der Waals surface area contributed by atoms with Gasteiger partial charge in [0.15, 0.2) is 5.69 Å². The number of nitrogens with one attached hydrogen (secondary N) is 1. The molecule has 0 spiro atoms. The molecule has 112 valence electrons. The van der Waals surface area contributed by atoms with Gasteiger partial charge < -0.3 is 5.32 Å². The number of nitriles is 1. The Morgan fingerprint density at radius 1 is 1.04 bits per heavy atom. The molecule has 3 rings (SSSR count). The minimum absolute atomic E-state index is 0.225. The highest BCUT2D eigenvalue weighted by molar-refractivity contribution is 6.30. The number of hydrogen-bond acceptors (Lipinski definition) is 5. The predicted molar refractivity (Wildman–Crippen MR) is 87.9 cm³/mol. The molecule has 0 fully saturated rings. The molecule has 6 heteroatoms. The van der Waals surface area contributed by atoms with Crippen LogP contribution in [0.5, 0.6) is 0 Å². The molecule has 0 bridgehead atoms. The Balaban J connectivity index is 1.96. The van der Waals surface area contributed by atoms with Gasteiger partial charge in [0.1, 0.15) is 11.9 Å². The van der Waals surface area contributed by atoms with Gasteiger partial charge >= 0.3 is 0 Å². The van der Waals surface area contributed by atoms with E-state index in [1.54, 1.807) is 18.3 Å². The third-order valence-corrected chi connectivity index (χ3v) is 3.47. The van der Waals surface area contributed by atoms with Crippen molar-refractivity contribution in [2.75, 3.05) is 5.32 Å². The van der Waals surface area contributed by atoms with Crippen LogP contribution in [0.1, 0.15) is 23.0 Å². The summed E-state index contributed by atoms with van der Waals surface area (Å²) in [5, 5.41) is 20.6. The van der Waals surface area contributed by atoms with Gasteiger partial charge in [0.05, 0.1) is 11.7 Å². The lowest BCUT2D eigenvalue weighted by Crippen LogP contribution is -2.15. The van der Waals surface area contributed by atoms with Crippen molar-refractivity contribution in [3.05, 3.63) is 82.8 Å². The molecule has 1 N–H and O–H groups in total. The second kappa shape index (κ2) is 6.86. The standard InChI is InChI=1S/C17H12ClN5/c18-13-5-3-4-12(10-13)17(15-6-1-2-9-20-15)21-16-8-7-14(11-19)22-23-16/h1-10,17H,(H,21,23). The summed E-state index contributed by atoms with van der Waals surface area (Å²) < 4.78 is 0. The van der Waals surface area contributed by atoms with Crippen LogP contribution in [-0.2, 0) is 0 Å². The number of hydrogen-bond donors (Lipinski definition) is 1. The number of halogens is 1. The van der Waals surface area contributed by atoms with Crippen molar-refractivity contribution in [2.24, 2.45) is 0 Å². The summed E-state index contributed by atoms with van der Waals surface area (Å²) in [6.45, 7) is 0. The Hall–Kier alpha value is -2.97. The lowest BCUT2D eigenvalue weighted by Gasteiger charge is -2.19. The Morgan fingerprint density at radius 3 is 2.61 bits per heavy atom. The quantitative estimate of drug-likeness (QED) is 0.794. The first kappa shape index (κ1) is 14.9. The van der Waals surface area contributed by atoms with Gasteiger partial charge in [-0.05, 0) is 42.0 Å². The first-order valence-corrected chi connectivity index (χ1v) is 7.31. The molecule has 0 saturated heterocycles. The zero-order valence-corrected chi connectivity index (χ0v) is 12.8. The van der Waals surface area contributed by atoms with E-state index in [0.29, 0.717) is 10.8 Å². The van der Waals surface area contributed by atoms with E-state index in [1.165, 1.54) is 0 Å². The van der Waals surface area contributed by atoms with Crippen LogP contribution in [0, 0.1) is 11.3 Å². The van der Waals surface area contributed by atoms with E-state index >= 15 is 0 Å². The molecule has 0 aliphatic rings. The fourth-order valence-electron chi connectivity index (χ4n) is 2.18. The monoisotopic (exact) mass is 321 g/mol. The molecule has 23 heavy (non-hydrogen) atoms. The zero-order valence-electron chi connectivity index (χ0n) is 12.0. The third kappa shape index (κ3) is 3.62. The topological polar surface area (TPSA) is 74.5 Å². The average molecular weight is 322 g/mol. The van der Waals surface area contributed by atoms with Crippen molar-refractivity contribution in [3.63, 3.8) is 0 Å². The Morgan fingerprint density at radius 2 is 1.96 bits per heavy atom. The van der Waals surface area contributed by atoms with Gasteiger partial charge in [-0.3, -0.25) is 4.98 Å². The van der Waals surface area contributed by atoms with Crippen LogP contribution in [0.25, 0.3) is 0 Å². The van der Waals surface area contributed by atoms with Crippen LogP contribution in [0.15, 0.2) is 60.8 Å². The summed E-state index contributed by atoms with van der Waals surface area (Å²) in [6, 6.07) is 18.3. The molecule has 0 radical (unpaired) electrons. The highest BCUT2D eigenvalue weighted by atomic mass is 35.5. The van der Waals surface area contributed by atoms with Crippen LogP contribution in [0.4, 0.5) is 5.82 Å².